The first-order chi connectivity index (χ1) is 28.4. The van der Waals surface area contributed by atoms with E-state index in [1.54, 1.807) is 0 Å². The highest BCUT2D eigenvalue weighted by Crippen LogP contribution is 2.43. The maximum absolute atomic E-state index is 15.1. The van der Waals surface area contributed by atoms with Gasteiger partial charge in [0.05, 0.1) is 16.6 Å². The molecule has 0 aliphatic rings. The lowest BCUT2D eigenvalue weighted by Gasteiger charge is -2.38. The average molecular weight is 864 g/mol. The van der Waals surface area contributed by atoms with Crippen LogP contribution in [-0.4, -0.2) is 28.6 Å². The Morgan fingerprint density at radius 1 is 0.328 bits per heavy atom. The number of hydrogen-bond donors (Lipinski definition) is 0. The van der Waals surface area contributed by atoms with Gasteiger partial charge in [-0.05, 0) is 86.3 Å². The molecule has 0 aliphatic carbocycles. The van der Waals surface area contributed by atoms with Crippen LogP contribution in [0.3, 0.4) is 0 Å². The monoisotopic (exact) mass is 863 g/mol. The van der Waals surface area contributed by atoms with Crippen molar-refractivity contribution in [2.45, 2.75) is 174 Å². The molecule has 3 aromatic carbocycles. The Balaban J connectivity index is 1.84. The topological polar surface area (TPSA) is 55.6 Å². The van der Waals surface area contributed by atoms with E-state index < -0.39 is 24.2 Å². The third kappa shape index (κ3) is 7.01. The van der Waals surface area contributed by atoms with Gasteiger partial charge in [0.1, 0.15) is 24.2 Å². The molecule has 0 spiro atoms. The van der Waals surface area contributed by atoms with E-state index in [0.717, 1.165) is 0 Å². The second-order valence-corrected chi connectivity index (χ2v) is 37.8. The van der Waals surface area contributed by atoms with E-state index in [-0.39, 0.29) is 16.3 Å². The summed E-state index contributed by atoms with van der Waals surface area (Å²) in [5.41, 5.74) is 18.4. The van der Waals surface area contributed by atoms with E-state index >= 15 is 14.4 Å². The SMILES string of the molecule is CC(C)[Si](C#Cc1cc2c(=O)c3cc(C#C[Si](C(C)C)(C(C)C)C(C)C)cc4c(=O)c5cc(C#C[Si](C(C)C)(C(C)C)C(C)C)cc6c(=O)c(c1)c2n(c34)c65)(C(C)C)C(C)C. The van der Waals surface area contributed by atoms with E-state index in [1.807, 2.05) is 40.8 Å². The van der Waals surface area contributed by atoms with Crippen molar-refractivity contribution in [3.63, 3.8) is 0 Å². The van der Waals surface area contributed by atoms with Crippen molar-refractivity contribution in [3.05, 3.63) is 83.8 Å². The van der Waals surface area contributed by atoms with Crippen LogP contribution in [-0.2, 0) is 0 Å². The van der Waals surface area contributed by atoms with Crippen LogP contribution < -0.4 is 16.3 Å². The minimum Gasteiger partial charge on any atom is -0.306 e. The van der Waals surface area contributed by atoms with Crippen LogP contribution in [0.15, 0.2) is 50.8 Å². The molecule has 3 heterocycles. The molecule has 0 saturated heterocycles. The van der Waals surface area contributed by atoms with Crippen molar-refractivity contribution >= 4 is 73.1 Å². The zero-order chi connectivity index (χ0) is 45.4. The fourth-order valence-electron chi connectivity index (χ4n) is 12.5. The quantitative estimate of drug-likeness (QED) is 0.0630. The summed E-state index contributed by atoms with van der Waals surface area (Å²) in [4.78, 5) is 45.2. The minimum atomic E-state index is -2.15. The summed E-state index contributed by atoms with van der Waals surface area (Å²) in [5, 5.41) is 2.65. The Hall–Kier alpha value is -4.20. The Bertz CT molecular complexity index is 2530. The van der Waals surface area contributed by atoms with E-state index in [2.05, 4.69) is 159 Å². The minimum absolute atomic E-state index is 0.205. The Labute approximate surface area is 368 Å². The number of rotatable bonds is 9. The van der Waals surface area contributed by atoms with Gasteiger partial charge in [-0.3, -0.25) is 14.4 Å². The molecule has 7 heteroatoms. The molecule has 0 amide bonds. The van der Waals surface area contributed by atoms with Gasteiger partial charge >= 0.3 is 0 Å². The first kappa shape index (κ1) is 46.3. The number of hydrogen-bond acceptors (Lipinski definition) is 3. The van der Waals surface area contributed by atoms with Gasteiger partial charge < -0.3 is 4.40 Å². The van der Waals surface area contributed by atoms with Crippen molar-refractivity contribution in [2.75, 3.05) is 0 Å². The second-order valence-electron chi connectivity index (χ2n) is 21.0. The van der Waals surface area contributed by atoms with E-state index in [4.69, 9.17) is 0 Å². The molecule has 0 fully saturated rings. The van der Waals surface area contributed by atoms with Gasteiger partial charge in [0.2, 0.25) is 0 Å². The summed E-state index contributed by atoms with van der Waals surface area (Å²) < 4.78 is 2.04. The van der Waals surface area contributed by atoms with Crippen LogP contribution in [0.5, 0.6) is 0 Å². The molecular formula is C54H69NO3Si3. The number of nitrogens with zero attached hydrogens (tertiary/aromatic N) is 1. The molecule has 320 valence electrons. The fraction of sp³-hybridized carbons (Fsp3) is 0.500. The largest absolute Gasteiger partial charge is 0.306 e. The van der Waals surface area contributed by atoms with E-state index in [9.17, 15) is 0 Å². The molecule has 4 nitrogen and oxygen atoms in total. The van der Waals surface area contributed by atoms with Crippen molar-refractivity contribution in [3.8, 4) is 34.4 Å². The third-order valence-electron chi connectivity index (χ3n) is 15.3. The van der Waals surface area contributed by atoms with Gasteiger partial charge in [0.25, 0.3) is 0 Å². The second kappa shape index (κ2) is 16.5. The smallest absolute Gasteiger partial charge is 0.197 e. The van der Waals surface area contributed by atoms with E-state index in [0.29, 0.717) is 115 Å². The molecular weight excluding hydrogens is 795 g/mol. The first-order valence-corrected chi connectivity index (χ1v) is 29.7. The molecule has 0 unspecified atom stereocenters. The highest BCUT2D eigenvalue weighted by Gasteiger charge is 2.44. The van der Waals surface area contributed by atoms with Gasteiger partial charge in [-0.1, -0.05) is 142 Å². The molecule has 0 radical (unpaired) electrons. The zero-order valence-corrected chi connectivity index (χ0v) is 43.3. The lowest BCUT2D eigenvalue weighted by Crippen LogP contribution is -2.43. The van der Waals surface area contributed by atoms with Crippen LogP contribution in [0.1, 0.15) is 141 Å². The fourth-order valence-corrected chi connectivity index (χ4v) is 28.2. The standard InChI is InChI=1S/C54H69NO3Si3/c1-31(2)59(32(3)4,33(5)6)22-19-40-25-43-49-44(26-40)53(57)46-28-42(21-24-61(37(13)14,38(15)16)39(17)18)30-48-51(46)55(49)50-45(52(43)56)27-41(29-47(50)54(48)58)20-23-60(34(7)8,35(9)10)36(11)12/h25-39H,1-18H3. The number of benzene rings is 3. The van der Waals surface area contributed by atoms with Crippen LogP contribution in [0.25, 0.3) is 48.9 Å². The Morgan fingerprint density at radius 3 is 0.639 bits per heavy atom. The summed E-state index contributed by atoms with van der Waals surface area (Å²) in [6.45, 7) is 41.2. The number of aromatic nitrogens is 1. The van der Waals surface area contributed by atoms with Gasteiger partial charge in [-0.2, -0.15) is 0 Å². The molecule has 0 saturated carbocycles. The molecule has 0 aliphatic heterocycles. The Kier molecular flexibility index (Phi) is 12.5. The maximum Gasteiger partial charge on any atom is 0.197 e. The molecule has 0 atom stereocenters. The summed E-state index contributed by atoms with van der Waals surface area (Å²) >= 11 is 0. The van der Waals surface area contributed by atoms with Crippen molar-refractivity contribution in [1.82, 2.24) is 4.40 Å². The van der Waals surface area contributed by atoms with Crippen LogP contribution in [0.4, 0.5) is 0 Å². The first-order valence-electron chi connectivity index (χ1n) is 23.0. The van der Waals surface area contributed by atoms with Crippen molar-refractivity contribution < 1.29 is 0 Å². The third-order valence-corrected chi connectivity index (χ3v) is 34.2. The number of pyridine rings is 3. The van der Waals surface area contributed by atoms with Crippen molar-refractivity contribution in [1.29, 1.82) is 0 Å². The van der Waals surface area contributed by atoms with Gasteiger partial charge in [0, 0.05) is 49.0 Å². The van der Waals surface area contributed by atoms with Gasteiger partial charge in [-0.25, -0.2) is 0 Å². The highest BCUT2D eigenvalue weighted by molar-refractivity contribution is 6.91. The molecule has 0 N–H and O–H groups in total. The lowest BCUT2D eigenvalue weighted by atomic mass is 9.94. The average Bonchev–Trinajstić information content (AvgIpc) is 3.16. The molecule has 6 aromatic rings. The molecule has 61 heavy (non-hydrogen) atoms. The van der Waals surface area contributed by atoms with Crippen LogP contribution >= 0.6 is 0 Å². The normalized spacial score (nSPS) is 13.2. The molecule has 6 rings (SSSR count). The Morgan fingerprint density at radius 2 is 0.492 bits per heavy atom. The highest BCUT2D eigenvalue weighted by atomic mass is 28.3. The zero-order valence-electron chi connectivity index (χ0n) is 40.3. The predicted molar refractivity (Wildman–Crippen MR) is 274 cm³/mol. The molecule has 3 aromatic heterocycles. The lowest BCUT2D eigenvalue weighted by molar-refractivity contribution is 0.838. The van der Waals surface area contributed by atoms with Crippen molar-refractivity contribution in [2.24, 2.45) is 0 Å². The van der Waals surface area contributed by atoms with Gasteiger partial charge in [-0.15, -0.1) is 16.6 Å². The molecule has 0 bridgehead atoms. The van der Waals surface area contributed by atoms with Crippen LogP contribution in [0.2, 0.25) is 49.9 Å². The van der Waals surface area contributed by atoms with Crippen LogP contribution in [0, 0.1) is 34.4 Å². The predicted octanol–water partition coefficient (Wildman–Crippen LogP) is 13.7. The maximum atomic E-state index is 15.1. The van der Waals surface area contributed by atoms with E-state index in [1.165, 1.54) is 0 Å². The summed E-state index contributed by atoms with van der Waals surface area (Å²) in [7, 11) is -6.44. The summed E-state index contributed by atoms with van der Waals surface area (Å²) in [6, 6.07) is 11.4. The summed E-state index contributed by atoms with van der Waals surface area (Å²) in [6.07, 6.45) is 0. The summed E-state index contributed by atoms with van der Waals surface area (Å²) in [5.74, 6) is 10.7. The van der Waals surface area contributed by atoms with Gasteiger partial charge in [0.15, 0.2) is 16.3 Å².